The van der Waals surface area contributed by atoms with Crippen molar-refractivity contribution in [3.05, 3.63) is 59.7 Å². The first-order chi connectivity index (χ1) is 14.3. The van der Waals surface area contributed by atoms with Crippen molar-refractivity contribution in [2.75, 3.05) is 18.6 Å². The second-order valence-corrected chi connectivity index (χ2v) is 6.76. The van der Waals surface area contributed by atoms with Gasteiger partial charge in [0.1, 0.15) is 0 Å². The zero-order chi connectivity index (χ0) is 21.5. The van der Waals surface area contributed by atoms with Gasteiger partial charge in [-0.2, -0.15) is 18.2 Å². The van der Waals surface area contributed by atoms with Crippen molar-refractivity contribution in [2.24, 2.45) is 0 Å². The van der Waals surface area contributed by atoms with Crippen LogP contribution >= 0.6 is 0 Å². The maximum atomic E-state index is 13.9. The molecule has 0 spiro atoms. The van der Waals surface area contributed by atoms with Crippen LogP contribution in [0.1, 0.15) is 23.8 Å². The van der Waals surface area contributed by atoms with Gasteiger partial charge in [0.2, 0.25) is 17.6 Å². The highest BCUT2D eigenvalue weighted by Gasteiger charge is 2.37. The summed E-state index contributed by atoms with van der Waals surface area (Å²) in [5, 5.41) is 3.82. The average Bonchev–Trinajstić information content (AvgIpc) is 3.34. The number of amides is 1. The minimum atomic E-state index is -4.51. The second kappa shape index (κ2) is 7.43. The van der Waals surface area contributed by atoms with Gasteiger partial charge in [0.05, 0.1) is 18.6 Å². The number of ether oxygens (including phenoxy) is 1. The van der Waals surface area contributed by atoms with Crippen molar-refractivity contribution in [3.63, 3.8) is 0 Å². The van der Waals surface area contributed by atoms with E-state index in [-0.39, 0.29) is 42.0 Å². The molecular weight excluding hydrogens is 406 g/mol. The number of carbonyl (C=O) groups is 1. The second-order valence-electron chi connectivity index (χ2n) is 6.76. The molecule has 2 aromatic carbocycles. The Kier molecular flexibility index (Phi) is 4.92. The molecule has 1 aliphatic rings. The zero-order valence-electron chi connectivity index (χ0n) is 15.6. The number of alkyl halides is 3. The Labute approximate surface area is 168 Å². The Bertz CT molecular complexity index is 1100. The highest BCUT2D eigenvalue weighted by molar-refractivity contribution is 5.96. The summed E-state index contributed by atoms with van der Waals surface area (Å²) in [7, 11) is 1.35. The largest absolute Gasteiger partial charge is 0.494 e. The molecular formula is C20H15F4N3O3. The fraction of sp³-hybridized carbons (Fsp3) is 0.250. The first-order valence-electron chi connectivity index (χ1n) is 8.91. The van der Waals surface area contributed by atoms with Crippen molar-refractivity contribution >= 4 is 11.6 Å². The van der Waals surface area contributed by atoms with Gasteiger partial charge < -0.3 is 14.2 Å². The lowest BCUT2D eigenvalue weighted by Gasteiger charge is -2.17. The van der Waals surface area contributed by atoms with Crippen molar-refractivity contribution in [1.29, 1.82) is 0 Å². The van der Waals surface area contributed by atoms with Gasteiger partial charge in [0.25, 0.3) is 0 Å². The molecule has 1 atom stereocenters. The summed E-state index contributed by atoms with van der Waals surface area (Å²) in [5.74, 6) is -1.07. The Morgan fingerprint density at radius 1 is 1.20 bits per heavy atom. The van der Waals surface area contributed by atoms with Crippen LogP contribution in [0.25, 0.3) is 11.4 Å². The van der Waals surface area contributed by atoms with Gasteiger partial charge in [0.15, 0.2) is 11.6 Å². The van der Waals surface area contributed by atoms with Gasteiger partial charge in [-0.25, -0.2) is 4.39 Å². The van der Waals surface area contributed by atoms with E-state index in [1.807, 2.05) is 0 Å². The van der Waals surface area contributed by atoms with E-state index in [2.05, 4.69) is 10.1 Å². The van der Waals surface area contributed by atoms with Crippen molar-refractivity contribution in [3.8, 4) is 17.1 Å². The zero-order valence-corrected chi connectivity index (χ0v) is 15.6. The molecule has 156 valence electrons. The first-order valence-corrected chi connectivity index (χ1v) is 8.91. The molecule has 0 bridgehead atoms. The third kappa shape index (κ3) is 3.72. The van der Waals surface area contributed by atoms with Gasteiger partial charge in [-0.1, -0.05) is 11.2 Å². The van der Waals surface area contributed by atoms with Crippen LogP contribution in [-0.4, -0.2) is 29.7 Å². The van der Waals surface area contributed by atoms with Gasteiger partial charge in [-0.3, -0.25) is 4.79 Å². The van der Waals surface area contributed by atoms with Crippen LogP contribution in [0.3, 0.4) is 0 Å². The lowest BCUT2D eigenvalue weighted by molar-refractivity contribution is -0.137. The molecule has 0 aliphatic carbocycles. The summed E-state index contributed by atoms with van der Waals surface area (Å²) in [6.07, 6.45) is -4.50. The predicted octanol–water partition coefficient (Wildman–Crippen LogP) is 4.42. The maximum absolute atomic E-state index is 13.9. The Morgan fingerprint density at radius 3 is 2.70 bits per heavy atom. The Hall–Kier alpha value is -3.43. The smallest absolute Gasteiger partial charge is 0.416 e. The van der Waals surface area contributed by atoms with E-state index < -0.39 is 23.5 Å². The average molecular weight is 421 g/mol. The Balaban J connectivity index is 1.55. The first kappa shape index (κ1) is 19.9. The summed E-state index contributed by atoms with van der Waals surface area (Å²) in [5.41, 5.74) is -0.325. The van der Waals surface area contributed by atoms with E-state index in [0.717, 1.165) is 12.1 Å². The molecule has 4 rings (SSSR count). The van der Waals surface area contributed by atoms with E-state index >= 15 is 0 Å². The van der Waals surface area contributed by atoms with E-state index in [9.17, 15) is 22.4 Å². The van der Waals surface area contributed by atoms with Crippen LogP contribution < -0.4 is 9.64 Å². The quantitative estimate of drug-likeness (QED) is 0.584. The molecule has 10 heteroatoms. The van der Waals surface area contributed by atoms with Gasteiger partial charge in [-0.15, -0.1) is 0 Å². The van der Waals surface area contributed by atoms with Crippen molar-refractivity contribution < 1.29 is 31.6 Å². The molecule has 1 saturated heterocycles. The number of hydrogen-bond donors (Lipinski definition) is 0. The number of methoxy groups -OCH3 is 1. The van der Waals surface area contributed by atoms with Crippen LogP contribution in [0.5, 0.6) is 5.75 Å². The van der Waals surface area contributed by atoms with Gasteiger partial charge >= 0.3 is 6.18 Å². The van der Waals surface area contributed by atoms with Crippen molar-refractivity contribution in [1.82, 2.24) is 10.1 Å². The summed E-state index contributed by atoms with van der Waals surface area (Å²) < 4.78 is 62.9. The number of aromatic nitrogens is 2. The molecule has 6 nitrogen and oxygen atoms in total. The summed E-state index contributed by atoms with van der Waals surface area (Å²) >= 11 is 0. The van der Waals surface area contributed by atoms with Crippen LogP contribution in [0.2, 0.25) is 0 Å². The molecule has 0 N–H and O–H groups in total. The molecule has 1 aliphatic heterocycles. The number of anilines is 1. The minimum absolute atomic E-state index is 0.00878. The molecule has 2 heterocycles. The van der Waals surface area contributed by atoms with Crippen molar-refractivity contribution in [2.45, 2.75) is 18.5 Å². The van der Waals surface area contributed by atoms with Crippen LogP contribution in [0.15, 0.2) is 47.0 Å². The maximum Gasteiger partial charge on any atom is 0.416 e. The SMILES string of the molecule is COc1ccc(-c2noc(C3CC(=O)N(c4cccc(C(F)(F)F)c4)C3)n2)cc1F. The monoisotopic (exact) mass is 421 g/mol. The highest BCUT2D eigenvalue weighted by atomic mass is 19.4. The lowest BCUT2D eigenvalue weighted by Crippen LogP contribution is -2.24. The number of nitrogens with zero attached hydrogens (tertiary/aromatic N) is 3. The van der Waals surface area contributed by atoms with E-state index in [4.69, 9.17) is 9.26 Å². The lowest BCUT2D eigenvalue weighted by atomic mass is 10.1. The topological polar surface area (TPSA) is 68.5 Å². The third-order valence-corrected chi connectivity index (χ3v) is 4.81. The van der Waals surface area contributed by atoms with Crippen LogP contribution in [-0.2, 0) is 11.0 Å². The predicted molar refractivity (Wildman–Crippen MR) is 97.4 cm³/mol. The summed E-state index contributed by atoms with van der Waals surface area (Å²) in [4.78, 5) is 17.9. The summed E-state index contributed by atoms with van der Waals surface area (Å²) in [6, 6.07) is 8.75. The minimum Gasteiger partial charge on any atom is -0.494 e. The molecule has 30 heavy (non-hydrogen) atoms. The fourth-order valence-electron chi connectivity index (χ4n) is 3.30. The van der Waals surface area contributed by atoms with Gasteiger partial charge in [0, 0.05) is 24.2 Å². The normalized spacial score (nSPS) is 16.9. The molecule has 1 amide bonds. The van der Waals surface area contributed by atoms with Gasteiger partial charge in [-0.05, 0) is 36.4 Å². The van der Waals surface area contributed by atoms with E-state index in [1.54, 1.807) is 6.07 Å². The number of carbonyl (C=O) groups excluding carboxylic acids is 1. The molecule has 1 aromatic heterocycles. The number of rotatable bonds is 4. The summed E-state index contributed by atoms with van der Waals surface area (Å²) in [6.45, 7) is 0.0960. The Morgan fingerprint density at radius 2 is 2.00 bits per heavy atom. The van der Waals surface area contributed by atoms with Crippen LogP contribution in [0, 0.1) is 5.82 Å². The van der Waals surface area contributed by atoms with E-state index in [0.29, 0.717) is 5.56 Å². The van der Waals surface area contributed by atoms with Crippen LogP contribution in [0.4, 0.5) is 23.2 Å². The fourth-order valence-corrected chi connectivity index (χ4v) is 3.30. The molecule has 1 unspecified atom stereocenters. The molecule has 1 fully saturated rings. The number of hydrogen-bond acceptors (Lipinski definition) is 5. The highest BCUT2D eigenvalue weighted by Crippen LogP contribution is 2.36. The standard InChI is InChI=1S/C20H15F4N3O3/c1-29-16-6-5-11(7-15(16)21)18-25-19(30-26-18)12-8-17(28)27(10-12)14-4-2-3-13(9-14)20(22,23)24/h2-7,9,12H,8,10H2,1H3. The third-order valence-electron chi connectivity index (χ3n) is 4.81. The number of benzene rings is 2. The van der Waals surface area contributed by atoms with E-state index in [1.165, 1.54) is 36.3 Å². The molecule has 0 saturated carbocycles. The number of halogens is 4. The molecule has 3 aromatic rings. The molecule has 0 radical (unpaired) electrons.